The molecule has 0 aromatic heterocycles. The van der Waals surface area contributed by atoms with Crippen molar-refractivity contribution in [2.75, 3.05) is 13.1 Å². The molecule has 2 aromatic rings. The van der Waals surface area contributed by atoms with Crippen molar-refractivity contribution < 1.29 is 14.4 Å². The van der Waals surface area contributed by atoms with Crippen LogP contribution in [0, 0.1) is 11.8 Å². The van der Waals surface area contributed by atoms with Crippen LogP contribution in [0.15, 0.2) is 72.8 Å². The maximum atomic E-state index is 13.2. The van der Waals surface area contributed by atoms with E-state index in [1.807, 2.05) is 72.8 Å². The number of allylic oxidation sites excluding steroid dienone is 2. The number of rotatable bonds is 7. The van der Waals surface area contributed by atoms with E-state index in [0.29, 0.717) is 25.9 Å². The molecule has 0 N–H and O–H groups in total. The van der Waals surface area contributed by atoms with Crippen molar-refractivity contribution in [3.8, 4) is 0 Å². The molecule has 1 aliphatic heterocycles. The highest BCUT2D eigenvalue weighted by Crippen LogP contribution is 2.34. The molecule has 1 fully saturated rings. The van der Waals surface area contributed by atoms with Crippen LogP contribution in [0.5, 0.6) is 0 Å². The minimum Gasteiger partial charge on any atom is -0.336 e. The second-order valence-corrected chi connectivity index (χ2v) is 7.95. The van der Waals surface area contributed by atoms with Gasteiger partial charge in [0.1, 0.15) is 6.54 Å². The molecule has 2 aromatic carbocycles. The first-order chi connectivity index (χ1) is 14.6. The fraction of sp³-hybridized carbons (Fsp3) is 0.320. The van der Waals surface area contributed by atoms with Crippen LogP contribution in [0.1, 0.15) is 24.0 Å². The molecular weight excluding hydrogens is 376 g/mol. The molecule has 5 nitrogen and oxygen atoms in total. The molecule has 0 spiro atoms. The Morgan fingerprint density at radius 1 is 0.833 bits per heavy atom. The van der Waals surface area contributed by atoms with Gasteiger partial charge >= 0.3 is 0 Å². The Morgan fingerprint density at radius 2 is 1.37 bits per heavy atom. The van der Waals surface area contributed by atoms with Gasteiger partial charge in [0.05, 0.1) is 11.8 Å². The number of amides is 3. The lowest BCUT2D eigenvalue weighted by Crippen LogP contribution is -2.43. The average molecular weight is 402 g/mol. The number of fused-ring (bicyclic) bond motifs is 1. The average Bonchev–Trinajstić information content (AvgIpc) is 3.03. The molecule has 1 aliphatic carbocycles. The fourth-order valence-corrected chi connectivity index (χ4v) is 4.26. The van der Waals surface area contributed by atoms with Crippen LogP contribution >= 0.6 is 0 Å². The Morgan fingerprint density at radius 3 is 1.93 bits per heavy atom. The summed E-state index contributed by atoms with van der Waals surface area (Å²) in [6, 6.07) is 19.8. The fourth-order valence-electron chi connectivity index (χ4n) is 4.26. The molecule has 2 unspecified atom stereocenters. The van der Waals surface area contributed by atoms with Gasteiger partial charge in [-0.2, -0.15) is 0 Å². The van der Waals surface area contributed by atoms with Crippen molar-refractivity contribution in [2.24, 2.45) is 11.8 Å². The van der Waals surface area contributed by atoms with E-state index < -0.39 is 0 Å². The highest BCUT2D eigenvalue weighted by atomic mass is 16.2. The van der Waals surface area contributed by atoms with E-state index in [2.05, 4.69) is 0 Å². The van der Waals surface area contributed by atoms with Gasteiger partial charge in [-0.3, -0.25) is 19.3 Å². The van der Waals surface area contributed by atoms with Crippen molar-refractivity contribution in [3.63, 3.8) is 0 Å². The predicted molar refractivity (Wildman–Crippen MR) is 114 cm³/mol. The maximum absolute atomic E-state index is 13.2. The standard InChI is InChI=1S/C25H26N2O3/c28-23(18-27-24(29)21-13-7-8-14-22(21)25(27)30)26(17-20-11-5-2-6-12-20)16-15-19-9-3-1-4-10-19/h1-12,21-22H,13-18H2. The monoisotopic (exact) mass is 402 g/mol. The highest BCUT2D eigenvalue weighted by Gasteiger charge is 2.47. The summed E-state index contributed by atoms with van der Waals surface area (Å²) in [5, 5.41) is 0. The quantitative estimate of drug-likeness (QED) is 0.528. The Kier molecular flexibility index (Phi) is 6.07. The van der Waals surface area contributed by atoms with Crippen LogP contribution in [0.2, 0.25) is 0 Å². The minimum absolute atomic E-state index is 0.174. The van der Waals surface area contributed by atoms with E-state index in [9.17, 15) is 14.4 Å². The zero-order chi connectivity index (χ0) is 20.9. The van der Waals surface area contributed by atoms with Crippen molar-refractivity contribution in [1.82, 2.24) is 9.80 Å². The summed E-state index contributed by atoms with van der Waals surface area (Å²) < 4.78 is 0. The van der Waals surface area contributed by atoms with E-state index in [1.165, 1.54) is 4.90 Å². The molecule has 1 heterocycles. The number of hydrogen-bond acceptors (Lipinski definition) is 3. The Labute approximate surface area is 177 Å². The molecule has 30 heavy (non-hydrogen) atoms. The maximum Gasteiger partial charge on any atom is 0.243 e. The van der Waals surface area contributed by atoms with E-state index in [-0.39, 0.29) is 36.1 Å². The van der Waals surface area contributed by atoms with Crippen LogP contribution in [-0.2, 0) is 27.3 Å². The Balaban J connectivity index is 1.47. The van der Waals surface area contributed by atoms with Crippen molar-refractivity contribution in [2.45, 2.75) is 25.8 Å². The zero-order valence-corrected chi connectivity index (χ0v) is 16.9. The van der Waals surface area contributed by atoms with Gasteiger partial charge in [-0.15, -0.1) is 0 Å². The van der Waals surface area contributed by atoms with Gasteiger partial charge in [0.25, 0.3) is 0 Å². The minimum atomic E-state index is -0.304. The summed E-state index contributed by atoms with van der Waals surface area (Å²) >= 11 is 0. The summed E-state index contributed by atoms with van der Waals surface area (Å²) in [4.78, 5) is 41.6. The smallest absolute Gasteiger partial charge is 0.243 e. The number of imide groups is 1. The highest BCUT2D eigenvalue weighted by molar-refractivity contribution is 6.07. The van der Waals surface area contributed by atoms with E-state index in [4.69, 9.17) is 0 Å². The molecule has 0 bridgehead atoms. The number of likely N-dealkylation sites (tertiary alicyclic amines) is 1. The number of hydrogen-bond donors (Lipinski definition) is 0. The largest absolute Gasteiger partial charge is 0.336 e. The number of benzene rings is 2. The summed E-state index contributed by atoms with van der Waals surface area (Å²) in [6.07, 6.45) is 5.80. The molecular formula is C25H26N2O3. The number of nitrogens with zero attached hydrogens (tertiary/aromatic N) is 2. The van der Waals surface area contributed by atoms with Gasteiger partial charge < -0.3 is 4.90 Å². The lowest BCUT2D eigenvalue weighted by molar-refractivity contribution is -0.146. The number of carbonyl (C=O) groups is 3. The summed E-state index contributed by atoms with van der Waals surface area (Å²) in [5.41, 5.74) is 2.17. The van der Waals surface area contributed by atoms with Crippen molar-refractivity contribution in [3.05, 3.63) is 83.9 Å². The topological polar surface area (TPSA) is 57.7 Å². The molecule has 3 amide bonds. The molecule has 0 radical (unpaired) electrons. The van der Waals surface area contributed by atoms with Crippen LogP contribution in [-0.4, -0.2) is 40.6 Å². The van der Waals surface area contributed by atoms with E-state index in [0.717, 1.165) is 17.5 Å². The second-order valence-electron chi connectivity index (χ2n) is 7.95. The van der Waals surface area contributed by atoms with Crippen molar-refractivity contribution >= 4 is 17.7 Å². The molecule has 1 saturated heterocycles. The third-order valence-corrected chi connectivity index (χ3v) is 5.97. The van der Waals surface area contributed by atoms with Gasteiger partial charge in [0.2, 0.25) is 17.7 Å². The van der Waals surface area contributed by atoms with Crippen LogP contribution in [0.4, 0.5) is 0 Å². The molecule has 2 atom stereocenters. The van der Waals surface area contributed by atoms with E-state index >= 15 is 0 Å². The Hall–Kier alpha value is -3.21. The lowest BCUT2D eigenvalue weighted by atomic mass is 9.85. The van der Waals surface area contributed by atoms with Gasteiger partial charge in [0.15, 0.2) is 0 Å². The third kappa shape index (κ3) is 4.35. The van der Waals surface area contributed by atoms with Gasteiger partial charge in [0, 0.05) is 13.1 Å². The van der Waals surface area contributed by atoms with Gasteiger partial charge in [-0.25, -0.2) is 0 Å². The normalized spacial score (nSPS) is 20.3. The number of carbonyl (C=O) groups excluding carboxylic acids is 3. The first kappa shape index (κ1) is 20.1. The first-order valence-corrected chi connectivity index (χ1v) is 10.5. The molecule has 154 valence electrons. The van der Waals surface area contributed by atoms with Crippen molar-refractivity contribution in [1.29, 1.82) is 0 Å². The summed E-state index contributed by atoms with van der Waals surface area (Å²) in [5.74, 6) is -1.21. The van der Waals surface area contributed by atoms with Crippen LogP contribution < -0.4 is 0 Å². The molecule has 4 rings (SSSR count). The van der Waals surface area contributed by atoms with Crippen LogP contribution in [0.3, 0.4) is 0 Å². The van der Waals surface area contributed by atoms with E-state index in [1.54, 1.807) is 4.90 Å². The zero-order valence-electron chi connectivity index (χ0n) is 16.9. The third-order valence-electron chi connectivity index (χ3n) is 5.97. The summed E-state index contributed by atoms with van der Waals surface area (Å²) in [7, 11) is 0. The molecule has 5 heteroatoms. The first-order valence-electron chi connectivity index (χ1n) is 10.5. The SMILES string of the molecule is O=C(CN1C(=O)C2CC=CCC2C1=O)N(CCc1ccccc1)Cc1ccccc1. The second kappa shape index (κ2) is 9.08. The Bertz CT molecular complexity index is 913. The molecule has 2 aliphatic rings. The predicted octanol–water partition coefficient (Wildman–Crippen LogP) is 3.21. The van der Waals surface area contributed by atoms with Gasteiger partial charge in [-0.05, 0) is 30.4 Å². The van der Waals surface area contributed by atoms with Crippen LogP contribution in [0.25, 0.3) is 0 Å². The summed E-state index contributed by atoms with van der Waals surface area (Å²) in [6.45, 7) is 0.811. The lowest BCUT2D eigenvalue weighted by Gasteiger charge is -2.25. The molecule has 0 saturated carbocycles. The van der Waals surface area contributed by atoms with Gasteiger partial charge in [-0.1, -0.05) is 72.8 Å².